The largest absolute Gasteiger partial charge is 0.503 e. The highest BCUT2D eigenvalue weighted by Crippen LogP contribution is 2.32. The van der Waals surface area contributed by atoms with Crippen molar-refractivity contribution < 1.29 is 28.9 Å². The van der Waals surface area contributed by atoms with E-state index in [1.54, 1.807) is 39.0 Å². The van der Waals surface area contributed by atoms with Crippen molar-refractivity contribution in [2.45, 2.75) is 65.7 Å². The summed E-state index contributed by atoms with van der Waals surface area (Å²) < 4.78 is 17.1. The van der Waals surface area contributed by atoms with E-state index in [0.29, 0.717) is 15.8 Å². The van der Waals surface area contributed by atoms with Crippen LogP contribution in [-0.4, -0.2) is 47.3 Å². The number of methoxy groups -OCH3 is 1. The van der Waals surface area contributed by atoms with Crippen LogP contribution in [0.5, 0.6) is 17.2 Å². The third-order valence-corrected chi connectivity index (χ3v) is 6.49. The lowest BCUT2D eigenvalue weighted by atomic mass is 9.93. The Hall–Kier alpha value is -2.71. The molecule has 0 aliphatic carbocycles. The first kappa shape index (κ1) is 29.5. The van der Waals surface area contributed by atoms with Crippen LogP contribution in [0, 0.1) is 11.8 Å². The number of halogens is 2. The number of ether oxygens (including phenoxy) is 3. The second kappa shape index (κ2) is 13.6. The SMILES string of the molecule is CCC(CC)[C@@H](Oc1ccc(Cl)cc1Cl)[C@H](C)OC(=O)[C@@H](NC(=O)c1nccc(OC)c1O)C(C)C. The van der Waals surface area contributed by atoms with Gasteiger partial charge in [-0.1, -0.05) is 50.9 Å². The zero-order valence-electron chi connectivity index (χ0n) is 21.4. The maximum Gasteiger partial charge on any atom is 0.329 e. The fraction of sp³-hybridized carbons (Fsp3) is 0.500. The van der Waals surface area contributed by atoms with Gasteiger partial charge >= 0.3 is 5.97 Å². The number of amides is 1. The van der Waals surface area contributed by atoms with E-state index in [9.17, 15) is 14.7 Å². The number of nitrogens with one attached hydrogen (secondary N) is 1. The lowest BCUT2D eigenvalue weighted by Crippen LogP contribution is -2.48. The number of hydrogen-bond acceptors (Lipinski definition) is 7. The van der Waals surface area contributed by atoms with Crippen LogP contribution in [0.25, 0.3) is 0 Å². The first-order valence-corrected chi connectivity index (χ1v) is 12.6. The average molecular weight is 541 g/mol. The highest BCUT2D eigenvalue weighted by atomic mass is 35.5. The van der Waals surface area contributed by atoms with Crippen molar-refractivity contribution in [1.82, 2.24) is 10.3 Å². The molecule has 2 N–H and O–H groups in total. The van der Waals surface area contributed by atoms with Crippen molar-refractivity contribution in [2.24, 2.45) is 11.8 Å². The average Bonchev–Trinajstić information content (AvgIpc) is 2.83. The fourth-order valence-electron chi connectivity index (χ4n) is 3.84. The summed E-state index contributed by atoms with van der Waals surface area (Å²) in [5.41, 5.74) is -0.253. The molecule has 0 radical (unpaired) electrons. The van der Waals surface area contributed by atoms with E-state index in [1.165, 1.54) is 19.4 Å². The van der Waals surface area contributed by atoms with Gasteiger partial charge in [0.05, 0.1) is 12.1 Å². The Balaban J connectivity index is 2.22. The van der Waals surface area contributed by atoms with Gasteiger partial charge in [-0.25, -0.2) is 9.78 Å². The summed E-state index contributed by atoms with van der Waals surface area (Å²) >= 11 is 12.3. The minimum atomic E-state index is -0.992. The fourth-order valence-corrected chi connectivity index (χ4v) is 4.30. The molecule has 198 valence electrons. The number of nitrogens with zero attached hydrogens (tertiary/aromatic N) is 1. The quantitative estimate of drug-likeness (QED) is 0.334. The molecule has 3 atom stereocenters. The summed E-state index contributed by atoms with van der Waals surface area (Å²) in [6, 6.07) is 5.38. The number of pyridine rings is 1. The zero-order chi connectivity index (χ0) is 27.0. The number of esters is 1. The Morgan fingerprint density at radius 3 is 2.31 bits per heavy atom. The second-order valence-electron chi connectivity index (χ2n) is 8.78. The summed E-state index contributed by atoms with van der Waals surface area (Å²) in [6.45, 7) is 9.37. The zero-order valence-corrected chi connectivity index (χ0v) is 22.9. The lowest BCUT2D eigenvalue weighted by Gasteiger charge is -2.32. The van der Waals surface area contributed by atoms with Crippen LogP contribution >= 0.6 is 23.2 Å². The van der Waals surface area contributed by atoms with Crippen molar-refractivity contribution >= 4 is 35.1 Å². The van der Waals surface area contributed by atoms with E-state index in [2.05, 4.69) is 10.3 Å². The lowest BCUT2D eigenvalue weighted by molar-refractivity contribution is -0.158. The topological polar surface area (TPSA) is 107 Å². The van der Waals surface area contributed by atoms with Crippen molar-refractivity contribution in [3.8, 4) is 17.2 Å². The van der Waals surface area contributed by atoms with E-state index in [-0.39, 0.29) is 23.3 Å². The minimum absolute atomic E-state index is 0.0737. The van der Waals surface area contributed by atoms with Gasteiger partial charge in [0, 0.05) is 17.3 Å². The third-order valence-electron chi connectivity index (χ3n) is 5.96. The Labute approximate surface area is 222 Å². The van der Waals surface area contributed by atoms with E-state index in [1.807, 2.05) is 13.8 Å². The first-order chi connectivity index (χ1) is 17.0. The van der Waals surface area contributed by atoms with Crippen molar-refractivity contribution in [3.63, 3.8) is 0 Å². The summed E-state index contributed by atoms with van der Waals surface area (Å²) in [5.74, 6) is -1.47. The van der Waals surface area contributed by atoms with Crippen LogP contribution in [0.4, 0.5) is 0 Å². The Bertz CT molecular complexity index is 1050. The van der Waals surface area contributed by atoms with Crippen molar-refractivity contribution in [1.29, 1.82) is 0 Å². The Morgan fingerprint density at radius 2 is 1.75 bits per heavy atom. The van der Waals surface area contributed by atoms with E-state index in [0.717, 1.165) is 12.8 Å². The molecule has 0 saturated carbocycles. The smallest absolute Gasteiger partial charge is 0.329 e. The molecule has 0 aliphatic heterocycles. The number of aromatic hydroxyl groups is 1. The minimum Gasteiger partial charge on any atom is -0.503 e. The molecule has 0 spiro atoms. The van der Waals surface area contributed by atoms with Gasteiger partial charge in [-0.2, -0.15) is 0 Å². The van der Waals surface area contributed by atoms with Gasteiger partial charge in [0.2, 0.25) is 0 Å². The molecule has 8 nitrogen and oxygen atoms in total. The molecule has 2 rings (SSSR count). The van der Waals surface area contributed by atoms with Crippen LogP contribution in [0.2, 0.25) is 10.0 Å². The highest BCUT2D eigenvalue weighted by molar-refractivity contribution is 6.35. The van der Waals surface area contributed by atoms with E-state index >= 15 is 0 Å². The van der Waals surface area contributed by atoms with Crippen molar-refractivity contribution in [2.75, 3.05) is 7.11 Å². The summed E-state index contributed by atoms with van der Waals surface area (Å²) in [4.78, 5) is 29.9. The number of hydrogen-bond donors (Lipinski definition) is 2. The van der Waals surface area contributed by atoms with Gasteiger partial charge in [0.1, 0.15) is 24.0 Å². The van der Waals surface area contributed by atoms with Crippen LogP contribution in [0.15, 0.2) is 30.5 Å². The maximum absolute atomic E-state index is 13.2. The maximum atomic E-state index is 13.2. The van der Waals surface area contributed by atoms with E-state index < -0.39 is 35.9 Å². The molecule has 0 unspecified atom stereocenters. The van der Waals surface area contributed by atoms with Gasteiger partial charge in [0.25, 0.3) is 5.91 Å². The van der Waals surface area contributed by atoms with Crippen molar-refractivity contribution in [3.05, 3.63) is 46.2 Å². The number of rotatable bonds is 12. The number of carbonyl (C=O) groups is 2. The normalized spacial score (nSPS) is 13.7. The molecule has 1 aromatic carbocycles. The standard InChI is InChI=1S/C26H34Cl2N2O6/c1-7-16(8-2)24(36-19-10-9-17(27)13-18(19)28)15(5)35-26(33)21(14(3)4)30-25(32)22-23(31)20(34-6)11-12-29-22/h9-16,21,24,31H,7-8H2,1-6H3,(H,30,32)/t15-,21-,24-/m0/s1. The van der Waals surface area contributed by atoms with Gasteiger partial charge in [-0.15, -0.1) is 0 Å². The van der Waals surface area contributed by atoms with Crippen LogP contribution in [-0.2, 0) is 9.53 Å². The summed E-state index contributed by atoms with van der Waals surface area (Å²) in [5, 5.41) is 13.7. The van der Waals surface area contributed by atoms with Crippen LogP contribution in [0.1, 0.15) is 57.9 Å². The predicted molar refractivity (Wildman–Crippen MR) is 139 cm³/mol. The molecular formula is C26H34Cl2N2O6. The van der Waals surface area contributed by atoms with Gasteiger partial charge < -0.3 is 24.6 Å². The molecule has 0 bridgehead atoms. The first-order valence-electron chi connectivity index (χ1n) is 11.9. The van der Waals surface area contributed by atoms with Gasteiger partial charge in [-0.3, -0.25) is 4.79 Å². The molecule has 10 heteroatoms. The molecule has 2 aromatic rings. The Kier molecular flexibility index (Phi) is 11.1. The molecular weight excluding hydrogens is 507 g/mol. The molecule has 1 aromatic heterocycles. The number of carbonyl (C=O) groups excluding carboxylic acids is 2. The number of aromatic nitrogens is 1. The summed E-state index contributed by atoms with van der Waals surface area (Å²) in [7, 11) is 1.36. The van der Waals surface area contributed by atoms with Crippen LogP contribution < -0.4 is 14.8 Å². The van der Waals surface area contributed by atoms with Gasteiger partial charge in [0.15, 0.2) is 17.2 Å². The van der Waals surface area contributed by atoms with Crippen LogP contribution in [0.3, 0.4) is 0 Å². The summed E-state index contributed by atoms with van der Waals surface area (Å²) in [6.07, 6.45) is 1.77. The molecule has 1 heterocycles. The van der Waals surface area contributed by atoms with Gasteiger partial charge in [-0.05, 0) is 49.8 Å². The number of benzene rings is 1. The molecule has 0 fully saturated rings. The van der Waals surface area contributed by atoms with E-state index in [4.69, 9.17) is 37.4 Å². The highest BCUT2D eigenvalue weighted by Gasteiger charge is 2.34. The Morgan fingerprint density at radius 1 is 1.08 bits per heavy atom. The monoisotopic (exact) mass is 540 g/mol. The molecule has 1 amide bonds. The molecule has 0 aliphatic rings. The molecule has 36 heavy (non-hydrogen) atoms. The third kappa shape index (κ3) is 7.40. The predicted octanol–water partition coefficient (Wildman–Crippen LogP) is 5.67. The second-order valence-corrected chi connectivity index (χ2v) is 9.63. The molecule has 0 saturated heterocycles.